The third kappa shape index (κ3) is 5.51. The Kier molecular flexibility index (Phi) is 6.07. The topological polar surface area (TPSA) is 79.2 Å². The van der Waals surface area contributed by atoms with Crippen LogP contribution in [-0.4, -0.2) is 41.9 Å². The van der Waals surface area contributed by atoms with Gasteiger partial charge < -0.3 is 15.0 Å². The van der Waals surface area contributed by atoms with Crippen molar-refractivity contribution in [2.45, 2.75) is 63.9 Å². The maximum absolute atomic E-state index is 12.1. The monoisotopic (exact) mass is 369 g/mol. The lowest BCUT2D eigenvalue weighted by molar-refractivity contribution is -0.121. The minimum absolute atomic E-state index is 0.00714. The number of terminal acetylenes is 1. The highest BCUT2D eigenvalue weighted by Crippen LogP contribution is 2.37. The first-order valence-corrected chi connectivity index (χ1v) is 9.49. The summed E-state index contributed by atoms with van der Waals surface area (Å²) in [6.45, 7) is 6.29. The number of ether oxygens (including phenoxy) is 1. The van der Waals surface area contributed by atoms with E-state index in [1.54, 1.807) is 0 Å². The summed E-state index contributed by atoms with van der Waals surface area (Å²) in [5.41, 5.74) is 0.573. The van der Waals surface area contributed by atoms with Crippen molar-refractivity contribution in [2.75, 3.05) is 18.0 Å². The van der Waals surface area contributed by atoms with Crippen molar-refractivity contribution >= 4 is 11.7 Å². The molecule has 2 aliphatic heterocycles. The number of nitrogens with zero attached hydrogens (tertiary/aromatic N) is 4. The first-order chi connectivity index (χ1) is 13.0. The highest BCUT2D eigenvalue weighted by Gasteiger charge is 2.39. The normalized spacial score (nSPS) is 22.9. The predicted molar refractivity (Wildman–Crippen MR) is 103 cm³/mol. The first-order valence-electron chi connectivity index (χ1n) is 9.49. The van der Waals surface area contributed by atoms with E-state index in [1.165, 1.54) is 0 Å². The summed E-state index contributed by atoms with van der Waals surface area (Å²) >= 11 is 0. The highest BCUT2D eigenvalue weighted by atomic mass is 16.5. The van der Waals surface area contributed by atoms with Gasteiger partial charge in [0.05, 0.1) is 12.2 Å². The smallest absolute Gasteiger partial charge is 0.220 e. The van der Waals surface area contributed by atoms with Crippen molar-refractivity contribution in [3.63, 3.8) is 0 Å². The molecule has 2 atom stereocenters. The van der Waals surface area contributed by atoms with Gasteiger partial charge in [-0.05, 0) is 25.5 Å². The molecule has 1 fully saturated rings. The van der Waals surface area contributed by atoms with Crippen molar-refractivity contribution in [3.05, 3.63) is 23.9 Å². The van der Waals surface area contributed by atoms with E-state index in [0.29, 0.717) is 25.8 Å². The lowest BCUT2D eigenvalue weighted by atomic mass is 10.0. The van der Waals surface area contributed by atoms with Gasteiger partial charge in [0.15, 0.2) is 5.66 Å². The Hall–Kier alpha value is -2.46. The van der Waals surface area contributed by atoms with Crippen molar-refractivity contribution in [3.8, 4) is 12.3 Å². The van der Waals surface area contributed by atoms with Crippen molar-refractivity contribution in [1.29, 1.82) is 0 Å². The van der Waals surface area contributed by atoms with Gasteiger partial charge in [0.1, 0.15) is 5.82 Å². The molecule has 1 aromatic heterocycles. The predicted octanol–water partition coefficient (Wildman–Crippen LogP) is 2.67. The van der Waals surface area contributed by atoms with E-state index in [1.807, 2.05) is 18.3 Å². The minimum atomic E-state index is -0.403. The third-order valence-corrected chi connectivity index (χ3v) is 4.85. The molecular weight excluding hydrogens is 342 g/mol. The Balaban J connectivity index is 1.42. The second-order valence-corrected chi connectivity index (χ2v) is 7.35. The van der Waals surface area contributed by atoms with Crippen molar-refractivity contribution in [1.82, 2.24) is 10.3 Å². The number of pyridine rings is 1. The van der Waals surface area contributed by atoms with Gasteiger partial charge in [-0.1, -0.05) is 6.07 Å². The Labute approximate surface area is 160 Å². The average Bonchev–Trinajstić information content (AvgIpc) is 3.43. The Morgan fingerprint density at radius 3 is 2.67 bits per heavy atom. The fraction of sp³-hybridized carbons (Fsp3) is 0.600. The van der Waals surface area contributed by atoms with Gasteiger partial charge in [-0.3, -0.25) is 4.79 Å². The molecule has 1 aromatic rings. The van der Waals surface area contributed by atoms with Gasteiger partial charge >= 0.3 is 0 Å². The van der Waals surface area contributed by atoms with Crippen LogP contribution in [0.4, 0.5) is 5.82 Å². The van der Waals surface area contributed by atoms with Gasteiger partial charge in [-0.2, -0.15) is 10.2 Å². The number of carbonyl (C=O) groups excluding carboxylic acids is 1. The zero-order valence-corrected chi connectivity index (χ0v) is 16.0. The second kappa shape index (κ2) is 8.49. The highest BCUT2D eigenvalue weighted by molar-refractivity contribution is 5.76. The van der Waals surface area contributed by atoms with Crippen LogP contribution in [0, 0.1) is 12.3 Å². The molecule has 0 radical (unpaired) electrons. The van der Waals surface area contributed by atoms with E-state index in [-0.39, 0.29) is 18.1 Å². The molecule has 0 aromatic carbocycles. The second-order valence-electron chi connectivity index (χ2n) is 7.35. The number of carbonyl (C=O) groups is 1. The molecule has 144 valence electrons. The van der Waals surface area contributed by atoms with Crippen LogP contribution < -0.4 is 10.2 Å². The van der Waals surface area contributed by atoms with E-state index in [0.717, 1.165) is 30.9 Å². The molecular formula is C20H27N5O2. The van der Waals surface area contributed by atoms with Crippen LogP contribution in [0.2, 0.25) is 0 Å². The van der Waals surface area contributed by atoms with Crippen molar-refractivity contribution in [2.24, 2.45) is 10.2 Å². The zero-order valence-electron chi connectivity index (χ0n) is 16.0. The summed E-state index contributed by atoms with van der Waals surface area (Å²) in [6, 6.07) is 4.01. The summed E-state index contributed by atoms with van der Waals surface area (Å²) < 4.78 is 5.76. The number of rotatable bonds is 8. The first kappa shape index (κ1) is 19.3. The van der Waals surface area contributed by atoms with E-state index >= 15 is 0 Å². The van der Waals surface area contributed by atoms with Crippen LogP contribution >= 0.6 is 0 Å². The number of anilines is 1. The molecule has 1 amide bonds. The molecule has 0 saturated carbocycles. The van der Waals surface area contributed by atoms with E-state index in [9.17, 15) is 4.79 Å². The van der Waals surface area contributed by atoms with Gasteiger partial charge in [-0.15, -0.1) is 12.3 Å². The SMILES string of the molecule is C#CCCC1(CCC(=O)NCc2ccc(N3CC(C)OC(C)C3)nc2)N=N1. The fourth-order valence-corrected chi connectivity index (χ4v) is 3.34. The number of amides is 1. The molecule has 0 bridgehead atoms. The van der Waals surface area contributed by atoms with Crippen LogP contribution in [0.3, 0.4) is 0 Å². The van der Waals surface area contributed by atoms with E-state index in [2.05, 4.69) is 45.2 Å². The lowest BCUT2D eigenvalue weighted by Gasteiger charge is -2.36. The third-order valence-electron chi connectivity index (χ3n) is 4.85. The van der Waals surface area contributed by atoms with E-state index < -0.39 is 5.66 Å². The zero-order chi connectivity index (χ0) is 19.3. The molecule has 2 unspecified atom stereocenters. The number of aromatic nitrogens is 1. The van der Waals surface area contributed by atoms with Crippen LogP contribution in [0.5, 0.6) is 0 Å². The molecule has 3 rings (SSSR count). The molecule has 0 aliphatic carbocycles. The van der Waals surface area contributed by atoms with Gasteiger partial charge in [0, 0.05) is 51.5 Å². The van der Waals surface area contributed by atoms with Gasteiger partial charge in [-0.25, -0.2) is 4.98 Å². The minimum Gasteiger partial charge on any atom is -0.372 e. The van der Waals surface area contributed by atoms with Gasteiger partial charge in [0.2, 0.25) is 5.91 Å². The molecule has 1 N–H and O–H groups in total. The summed E-state index contributed by atoms with van der Waals surface area (Å²) in [5, 5.41) is 11.0. The number of hydrogen-bond donors (Lipinski definition) is 1. The molecule has 7 heteroatoms. The molecule has 1 saturated heterocycles. The van der Waals surface area contributed by atoms with Gasteiger partial charge in [0.25, 0.3) is 0 Å². The van der Waals surface area contributed by atoms with Crippen LogP contribution in [0.25, 0.3) is 0 Å². The molecule has 3 heterocycles. The Bertz CT molecular complexity index is 709. The quantitative estimate of drug-likeness (QED) is 0.715. The van der Waals surface area contributed by atoms with Crippen LogP contribution in [0.1, 0.15) is 45.1 Å². The maximum Gasteiger partial charge on any atom is 0.220 e. The average molecular weight is 369 g/mol. The largest absolute Gasteiger partial charge is 0.372 e. The Morgan fingerprint density at radius 1 is 1.33 bits per heavy atom. The molecule has 2 aliphatic rings. The Morgan fingerprint density at radius 2 is 2.07 bits per heavy atom. The fourth-order valence-electron chi connectivity index (χ4n) is 3.34. The molecule has 7 nitrogen and oxygen atoms in total. The number of morpholine rings is 1. The number of hydrogen-bond acceptors (Lipinski definition) is 6. The molecule has 27 heavy (non-hydrogen) atoms. The summed E-state index contributed by atoms with van der Waals surface area (Å²) in [4.78, 5) is 18.9. The summed E-state index contributed by atoms with van der Waals surface area (Å²) in [7, 11) is 0. The van der Waals surface area contributed by atoms with E-state index in [4.69, 9.17) is 11.2 Å². The van der Waals surface area contributed by atoms with Crippen LogP contribution in [0.15, 0.2) is 28.6 Å². The summed E-state index contributed by atoms with van der Waals surface area (Å²) in [6.07, 6.45) is 9.86. The van der Waals surface area contributed by atoms with Crippen molar-refractivity contribution < 1.29 is 9.53 Å². The number of nitrogens with one attached hydrogen (secondary N) is 1. The standard InChI is InChI=1S/C20H27N5O2/c1-4-5-9-20(23-24-20)10-8-19(26)22-12-17-6-7-18(21-11-17)25-13-15(2)27-16(3)14-25/h1,6-7,11,15-16H,5,8-10,12-14H2,2-3H3,(H,22,26). The lowest BCUT2D eigenvalue weighted by Crippen LogP contribution is -2.45. The summed E-state index contributed by atoms with van der Waals surface area (Å²) in [5.74, 6) is 3.53. The maximum atomic E-state index is 12.1. The van der Waals surface area contributed by atoms with Crippen LogP contribution in [-0.2, 0) is 16.1 Å². The molecule has 0 spiro atoms.